The number of H-pyrrole nitrogens is 1. The SMILES string of the molecule is CCCSCc1nc(C(C)C)c(I)c(=O)[nH]1. The van der Waals surface area contributed by atoms with E-state index in [0.717, 1.165) is 33.0 Å². The summed E-state index contributed by atoms with van der Waals surface area (Å²) in [6, 6.07) is 0. The van der Waals surface area contributed by atoms with Gasteiger partial charge in [-0.15, -0.1) is 0 Å². The highest BCUT2D eigenvalue weighted by Gasteiger charge is 2.11. The van der Waals surface area contributed by atoms with E-state index in [1.807, 2.05) is 0 Å². The molecule has 1 aromatic heterocycles. The van der Waals surface area contributed by atoms with Crippen molar-refractivity contribution in [1.29, 1.82) is 0 Å². The molecular formula is C11H17IN2OS. The highest BCUT2D eigenvalue weighted by molar-refractivity contribution is 14.1. The van der Waals surface area contributed by atoms with Crippen LogP contribution in [0.1, 0.15) is 44.6 Å². The summed E-state index contributed by atoms with van der Waals surface area (Å²) in [6.45, 7) is 6.27. The van der Waals surface area contributed by atoms with Gasteiger partial charge in [-0.05, 0) is 40.7 Å². The van der Waals surface area contributed by atoms with E-state index in [1.165, 1.54) is 0 Å². The maximum atomic E-state index is 11.7. The average Bonchev–Trinajstić information content (AvgIpc) is 2.23. The Kier molecular flexibility index (Phi) is 5.82. The Bertz CT molecular complexity index is 403. The van der Waals surface area contributed by atoms with Crippen LogP contribution >= 0.6 is 34.4 Å². The van der Waals surface area contributed by atoms with Crippen LogP contribution in [0.3, 0.4) is 0 Å². The monoisotopic (exact) mass is 352 g/mol. The fourth-order valence-corrected chi connectivity index (χ4v) is 2.93. The molecule has 0 spiro atoms. The van der Waals surface area contributed by atoms with Crippen LogP contribution in [0.15, 0.2) is 4.79 Å². The van der Waals surface area contributed by atoms with Gasteiger partial charge in [0.15, 0.2) is 0 Å². The zero-order valence-electron chi connectivity index (χ0n) is 9.84. The summed E-state index contributed by atoms with van der Waals surface area (Å²) in [6.07, 6.45) is 1.15. The molecule has 0 aliphatic carbocycles. The molecule has 0 radical (unpaired) electrons. The molecule has 16 heavy (non-hydrogen) atoms. The van der Waals surface area contributed by atoms with Gasteiger partial charge in [0.1, 0.15) is 5.82 Å². The van der Waals surface area contributed by atoms with Crippen molar-refractivity contribution in [3.63, 3.8) is 0 Å². The van der Waals surface area contributed by atoms with E-state index in [1.54, 1.807) is 11.8 Å². The second kappa shape index (κ2) is 6.64. The number of nitrogens with one attached hydrogen (secondary N) is 1. The summed E-state index contributed by atoms with van der Waals surface area (Å²) in [7, 11) is 0. The predicted octanol–water partition coefficient (Wildman–Crippen LogP) is 3.14. The molecule has 0 unspecified atom stereocenters. The first-order valence-corrected chi connectivity index (χ1v) is 7.66. The van der Waals surface area contributed by atoms with Crippen LogP contribution in [0.4, 0.5) is 0 Å². The molecule has 1 heterocycles. The molecule has 0 saturated heterocycles. The topological polar surface area (TPSA) is 45.8 Å². The molecule has 0 bridgehead atoms. The lowest BCUT2D eigenvalue weighted by Crippen LogP contribution is -2.18. The predicted molar refractivity (Wildman–Crippen MR) is 78.1 cm³/mol. The van der Waals surface area contributed by atoms with Crippen LogP contribution in [0.25, 0.3) is 0 Å². The summed E-state index contributed by atoms with van der Waals surface area (Å²) in [5, 5.41) is 0. The van der Waals surface area contributed by atoms with Crippen molar-refractivity contribution >= 4 is 34.4 Å². The molecule has 0 fully saturated rings. The second-order valence-electron chi connectivity index (χ2n) is 3.92. The van der Waals surface area contributed by atoms with Gasteiger partial charge in [0.05, 0.1) is 15.0 Å². The van der Waals surface area contributed by atoms with Crippen LogP contribution in [0.5, 0.6) is 0 Å². The summed E-state index contributed by atoms with van der Waals surface area (Å²) < 4.78 is 0.719. The van der Waals surface area contributed by atoms with Crippen LogP contribution in [0.2, 0.25) is 0 Å². The number of hydrogen-bond acceptors (Lipinski definition) is 3. The molecule has 1 rings (SSSR count). The zero-order chi connectivity index (χ0) is 12.1. The first-order valence-electron chi connectivity index (χ1n) is 5.42. The molecular weight excluding hydrogens is 335 g/mol. The summed E-state index contributed by atoms with van der Waals surface area (Å²) in [4.78, 5) is 19.0. The molecule has 0 amide bonds. The van der Waals surface area contributed by atoms with Gasteiger partial charge >= 0.3 is 0 Å². The van der Waals surface area contributed by atoms with E-state index in [4.69, 9.17) is 0 Å². The average molecular weight is 352 g/mol. The quantitative estimate of drug-likeness (QED) is 0.654. The molecule has 0 aliphatic rings. The maximum Gasteiger partial charge on any atom is 0.264 e. The van der Waals surface area contributed by atoms with Gasteiger partial charge in [0, 0.05) is 0 Å². The maximum absolute atomic E-state index is 11.7. The molecule has 0 aliphatic heterocycles. The number of aromatic nitrogens is 2. The molecule has 3 nitrogen and oxygen atoms in total. The van der Waals surface area contributed by atoms with Crippen molar-refractivity contribution in [3.05, 3.63) is 25.4 Å². The van der Waals surface area contributed by atoms with Gasteiger partial charge in [-0.1, -0.05) is 20.8 Å². The van der Waals surface area contributed by atoms with Gasteiger partial charge in [-0.3, -0.25) is 4.79 Å². The Hall–Kier alpha value is -0.0400. The number of aromatic amines is 1. The zero-order valence-corrected chi connectivity index (χ0v) is 12.8. The van der Waals surface area contributed by atoms with Crippen molar-refractivity contribution in [3.8, 4) is 0 Å². The van der Waals surface area contributed by atoms with Crippen LogP contribution < -0.4 is 5.56 Å². The molecule has 0 aromatic carbocycles. The smallest absolute Gasteiger partial charge is 0.264 e. The van der Waals surface area contributed by atoms with E-state index >= 15 is 0 Å². The van der Waals surface area contributed by atoms with E-state index in [2.05, 4.69) is 53.3 Å². The lowest BCUT2D eigenvalue weighted by atomic mass is 10.1. The number of thioether (sulfide) groups is 1. The lowest BCUT2D eigenvalue weighted by molar-refractivity contribution is 0.782. The Balaban J connectivity index is 2.91. The van der Waals surface area contributed by atoms with E-state index < -0.39 is 0 Å². The number of halogens is 1. The molecule has 5 heteroatoms. The van der Waals surface area contributed by atoms with E-state index in [0.29, 0.717) is 5.92 Å². The number of nitrogens with zero attached hydrogens (tertiary/aromatic N) is 1. The minimum absolute atomic E-state index is 0.00796. The van der Waals surface area contributed by atoms with Crippen LogP contribution in [-0.2, 0) is 5.75 Å². The van der Waals surface area contributed by atoms with Gasteiger partial charge in [0.2, 0.25) is 0 Å². The third-order valence-corrected chi connectivity index (χ3v) is 4.29. The second-order valence-corrected chi connectivity index (χ2v) is 6.10. The fraction of sp³-hybridized carbons (Fsp3) is 0.636. The third-order valence-electron chi connectivity index (χ3n) is 2.07. The first kappa shape index (κ1) is 14.0. The van der Waals surface area contributed by atoms with Gasteiger partial charge < -0.3 is 4.98 Å². The largest absolute Gasteiger partial charge is 0.309 e. The third kappa shape index (κ3) is 3.76. The van der Waals surface area contributed by atoms with Gasteiger partial charge in [0.25, 0.3) is 5.56 Å². The highest BCUT2D eigenvalue weighted by atomic mass is 127. The summed E-state index contributed by atoms with van der Waals surface area (Å²) in [5.74, 6) is 2.99. The van der Waals surface area contributed by atoms with Gasteiger partial charge in [-0.2, -0.15) is 11.8 Å². The molecule has 0 atom stereocenters. The summed E-state index contributed by atoms with van der Waals surface area (Å²) >= 11 is 3.88. The van der Waals surface area contributed by atoms with Crippen LogP contribution in [0, 0.1) is 3.57 Å². The fourth-order valence-electron chi connectivity index (χ4n) is 1.29. The van der Waals surface area contributed by atoms with Crippen molar-refractivity contribution in [1.82, 2.24) is 9.97 Å². The molecule has 90 valence electrons. The number of rotatable bonds is 5. The standard InChI is InChI=1S/C11H17IN2OS/c1-4-5-16-6-8-13-10(7(2)3)9(12)11(15)14-8/h7H,4-6H2,1-3H3,(H,13,14,15). The van der Waals surface area contributed by atoms with Crippen molar-refractivity contribution in [2.24, 2.45) is 0 Å². The normalized spacial score (nSPS) is 11.1. The Labute approximate surface area is 114 Å². The molecule has 1 N–H and O–H groups in total. The van der Waals surface area contributed by atoms with Crippen molar-refractivity contribution < 1.29 is 0 Å². The van der Waals surface area contributed by atoms with Crippen LogP contribution in [-0.4, -0.2) is 15.7 Å². The Morgan fingerprint density at radius 1 is 1.50 bits per heavy atom. The minimum Gasteiger partial charge on any atom is -0.309 e. The first-order chi connectivity index (χ1) is 7.56. The molecule has 0 saturated carbocycles. The molecule has 1 aromatic rings. The Morgan fingerprint density at radius 3 is 2.75 bits per heavy atom. The minimum atomic E-state index is -0.00796. The van der Waals surface area contributed by atoms with Crippen molar-refractivity contribution in [2.75, 3.05) is 5.75 Å². The lowest BCUT2D eigenvalue weighted by Gasteiger charge is -2.08. The van der Waals surface area contributed by atoms with Gasteiger partial charge in [-0.25, -0.2) is 4.98 Å². The van der Waals surface area contributed by atoms with Crippen molar-refractivity contribution in [2.45, 2.75) is 38.9 Å². The Morgan fingerprint density at radius 2 is 2.19 bits per heavy atom. The summed E-state index contributed by atoms with van der Waals surface area (Å²) in [5.41, 5.74) is 0.905. The van der Waals surface area contributed by atoms with E-state index in [-0.39, 0.29) is 5.56 Å². The number of hydrogen-bond donors (Lipinski definition) is 1. The van der Waals surface area contributed by atoms with E-state index in [9.17, 15) is 4.79 Å². The highest BCUT2D eigenvalue weighted by Crippen LogP contribution is 2.17.